The minimum Gasteiger partial charge on any atom is -0.317 e. The number of hydrogen-bond acceptors (Lipinski definition) is 3. The smallest absolute Gasteiger partial charge is 0.292 e. The topological polar surface area (TPSA) is 72.2 Å². The Labute approximate surface area is 105 Å². The van der Waals surface area contributed by atoms with Crippen molar-refractivity contribution < 1.29 is 9.72 Å². The number of carbonyl (C=O) groups is 1. The van der Waals surface area contributed by atoms with E-state index in [1.807, 2.05) is 0 Å². The molecule has 0 aliphatic carbocycles. The van der Waals surface area contributed by atoms with Crippen molar-refractivity contribution in [3.05, 3.63) is 34.4 Å². The van der Waals surface area contributed by atoms with Gasteiger partial charge >= 0.3 is 0 Å². The van der Waals surface area contributed by atoms with Gasteiger partial charge in [-0.2, -0.15) is 0 Å². The predicted molar refractivity (Wildman–Crippen MR) is 62.0 cm³/mol. The van der Waals surface area contributed by atoms with Crippen molar-refractivity contribution in [3.63, 3.8) is 0 Å². The van der Waals surface area contributed by atoms with Gasteiger partial charge in [0, 0.05) is 6.07 Å². The molecule has 86 valence electrons. The minimum atomic E-state index is -2.16. The van der Waals surface area contributed by atoms with E-state index >= 15 is 0 Å². The molecule has 0 saturated heterocycles. The van der Waals surface area contributed by atoms with Gasteiger partial charge in [-0.1, -0.05) is 46.9 Å². The highest BCUT2D eigenvalue weighted by atomic mass is 35.6. The molecular formula is C8H5Cl3N2O3. The highest BCUT2D eigenvalue weighted by Gasteiger charge is 2.31. The van der Waals surface area contributed by atoms with Gasteiger partial charge in [-0.25, -0.2) is 0 Å². The van der Waals surface area contributed by atoms with E-state index in [1.165, 1.54) is 24.3 Å². The van der Waals surface area contributed by atoms with Crippen LogP contribution in [0.15, 0.2) is 24.3 Å². The third kappa shape index (κ3) is 3.23. The Morgan fingerprint density at radius 3 is 2.38 bits per heavy atom. The van der Waals surface area contributed by atoms with Crippen LogP contribution in [-0.4, -0.2) is 14.6 Å². The van der Waals surface area contributed by atoms with Crippen LogP contribution < -0.4 is 5.32 Å². The number of nitro groups is 1. The molecule has 0 unspecified atom stereocenters. The molecule has 0 fully saturated rings. The molecular weight excluding hydrogens is 278 g/mol. The molecule has 1 aromatic carbocycles. The largest absolute Gasteiger partial charge is 0.317 e. The fourth-order valence-electron chi connectivity index (χ4n) is 0.932. The van der Waals surface area contributed by atoms with Crippen molar-refractivity contribution in [3.8, 4) is 0 Å². The lowest BCUT2D eigenvalue weighted by atomic mass is 10.2. The first-order chi connectivity index (χ1) is 7.32. The number of hydrogen-bond donors (Lipinski definition) is 1. The zero-order chi connectivity index (χ0) is 12.3. The maximum atomic E-state index is 11.3. The molecule has 1 amide bonds. The highest BCUT2D eigenvalue weighted by Crippen LogP contribution is 2.30. The third-order valence-electron chi connectivity index (χ3n) is 1.61. The maximum absolute atomic E-state index is 11.3. The lowest BCUT2D eigenvalue weighted by molar-refractivity contribution is -0.383. The molecule has 0 spiro atoms. The van der Waals surface area contributed by atoms with Crippen molar-refractivity contribution in [2.45, 2.75) is 3.79 Å². The first-order valence-electron chi connectivity index (χ1n) is 3.94. The number of nitro benzene ring substituents is 1. The standard InChI is InChI=1S/C8H5Cl3N2O3/c9-8(10,11)7(14)12-5-3-1-2-4-6(5)13(15)16/h1-4H,(H,12,14). The number of nitrogens with one attached hydrogen (secondary N) is 1. The van der Waals surface area contributed by atoms with E-state index in [0.29, 0.717) is 0 Å². The molecule has 5 nitrogen and oxygen atoms in total. The number of para-hydroxylation sites is 2. The number of halogens is 3. The van der Waals surface area contributed by atoms with Crippen LogP contribution in [0.2, 0.25) is 0 Å². The normalized spacial score (nSPS) is 10.9. The summed E-state index contributed by atoms with van der Waals surface area (Å²) in [4.78, 5) is 21.2. The van der Waals surface area contributed by atoms with E-state index < -0.39 is 14.6 Å². The van der Waals surface area contributed by atoms with Gasteiger partial charge in [-0.05, 0) is 6.07 Å². The predicted octanol–water partition coefficient (Wildman–Crippen LogP) is 2.90. The summed E-state index contributed by atoms with van der Waals surface area (Å²) in [5, 5.41) is 12.8. The number of carbonyl (C=O) groups excluding carboxylic acids is 1. The van der Waals surface area contributed by atoms with Crippen LogP contribution in [0.5, 0.6) is 0 Å². The van der Waals surface area contributed by atoms with Crippen LogP contribution >= 0.6 is 34.8 Å². The van der Waals surface area contributed by atoms with Gasteiger partial charge in [0.1, 0.15) is 5.69 Å². The van der Waals surface area contributed by atoms with Gasteiger partial charge in [-0.3, -0.25) is 14.9 Å². The number of anilines is 1. The van der Waals surface area contributed by atoms with Gasteiger partial charge in [0.25, 0.3) is 15.4 Å². The summed E-state index contributed by atoms with van der Waals surface area (Å²) in [6.07, 6.45) is 0. The van der Waals surface area contributed by atoms with Crippen LogP contribution in [-0.2, 0) is 4.79 Å². The van der Waals surface area contributed by atoms with E-state index in [1.54, 1.807) is 0 Å². The SMILES string of the molecule is O=C(Nc1ccccc1[N+](=O)[O-])C(Cl)(Cl)Cl. The van der Waals surface area contributed by atoms with Gasteiger partial charge < -0.3 is 5.32 Å². The van der Waals surface area contributed by atoms with E-state index in [2.05, 4.69) is 5.32 Å². The Kier molecular flexibility index (Phi) is 3.96. The molecule has 0 saturated carbocycles. The number of rotatable bonds is 2. The van der Waals surface area contributed by atoms with E-state index in [-0.39, 0.29) is 11.4 Å². The van der Waals surface area contributed by atoms with Crippen LogP contribution in [0, 0.1) is 10.1 Å². The average molecular weight is 283 g/mol. The van der Waals surface area contributed by atoms with Crippen molar-refractivity contribution in [1.29, 1.82) is 0 Å². The second-order valence-electron chi connectivity index (χ2n) is 2.73. The molecule has 0 atom stereocenters. The van der Waals surface area contributed by atoms with E-state index in [4.69, 9.17) is 34.8 Å². The van der Waals surface area contributed by atoms with Crippen LogP contribution in [0.3, 0.4) is 0 Å². The molecule has 0 aliphatic rings. The summed E-state index contributed by atoms with van der Waals surface area (Å²) in [5.41, 5.74) is -0.297. The minimum absolute atomic E-state index is 0.0242. The van der Waals surface area contributed by atoms with Crippen molar-refractivity contribution in [2.24, 2.45) is 0 Å². The molecule has 0 radical (unpaired) electrons. The molecule has 1 aromatic rings. The molecule has 8 heteroatoms. The van der Waals surface area contributed by atoms with Crippen molar-refractivity contribution in [1.82, 2.24) is 0 Å². The maximum Gasteiger partial charge on any atom is 0.292 e. The van der Waals surface area contributed by atoms with Crippen LogP contribution in [0.25, 0.3) is 0 Å². The average Bonchev–Trinajstić information content (AvgIpc) is 2.16. The highest BCUT2D eigenvalue weighted by molar-refractivity contribution is 6.76. The van der Waals surface area contributed by atoms with Crippen molar-refractivity contribution >= 4 is 52.1 Å². The van der Waals surface area contributed by atoms with Crippen molar-refractivity contribution in [2.75, 3.05) is 5.32 Å². The zero-order valence-electron chi connectivity index (χ0n) is 7.62. The monoisotopic (exact) mass is 282 g/mol. The quantitative estimate of drug-likeness (QED) is 0.515. The Morgan fingerprint density at radius 2 is 1.88 bits per heavy atom. The Balaban J connectivity index is 2.98. The molecule has 0 aromatic heterocycles. The van der Waals surface area contributed by atoms with Gasteiger partial charge in [0.2, 0.25) is 0 Å². The fraction of sp³-hybridized carbons (Fsp3) is 0.125. The lowest BCUT2D eigenvalue weighted by Gasteiger charge is -2.11. The molecule has 0 heterocycles. The first-order valence-corrected chi connectivity index (χ1v) is 5.07. The third-order valence-corrected chi connectivity index (χ3v) is 2.12. The first kappa shape index (κ1) is 13.0. The van der Waals surface area contributed by atoms with Gasteiger partial charge in [0.05, 0.1) is 4.92 Å². The second-order valence-corrected chi connectivity index (χ2v) is 5.01. The summed E-state index contributed by atoms with van der Waals surface area (Å²) < 4.78 is -2.16. The Morgan fingerprint density at radius 1 is 1.31 bits per heavy atom. The summed E-state index contributed by atoms with van der Waals surface area (Å²) in [7, 11) is 0. The summed E-state index contributed by atoms with van der Waals surface area (Å²) in [6, 6.07) is 5.55. The number of benzene rings is 1. The number of alkyl halides is 3. The molecule has 1 rings (SSSR count). The summed E-state index contributed by atoms with van der Waals surface area (Å²) >= 11 is 15.9. The van der Waals surface area contributed by atoms with Crippen LogP contribution in [0.1, 0.15) is 0 Å². The molecule has 16 heavy (non-hydrogen) atoms. The summed E-state index contributed by atoms with van der Waals surface area (Å²) in [5.74, 6) is -0.952. The summed E-state index contributed by atoms with van der Waals surface area (Å²) in [6.45, 7) is 0. The molecule has 1 N–H and O–H groups in total. The second kappa shape index (κ2) is 4.86. The Hall–Kier alpha value is -1.04. The lowest BCUT2D eigenvalue weighted by Crippen LogP contribution is -2.27. The van der Waals surface area contributed by atoms with Gasteiger partial charge in [0.15, 0.2) is 0 Å². The zero-order valence-corrected chi connectivity index (χ0v) is 9.88. The molecule has 0 bridgehead atoms. The number of amides is 1. The number of nitrogens with zero attached hydrogens (tertiary/aromatic N) is 1. The van der Waals surface area contributed by atoms with E-state index in [9.17, 15) is 14.9 Å². The molecule has 0 aliphatic heterocycles. The van der Waals surface area contributed by atoms with E-state index in [0.717, 1.165) is 0 Å². The fourth-order valence-corrected chi connectivity index (χ4v) is 1.07. The Bertz CT molecular complexity index is 431. The van der Waals surface area contributed by atoms with Crippen LogP contribution in [0.4, 0.5) is 11.4 Å². The van der Waals surface area contributed by atoms with Gasteiger partial charge in [-0.15, -0.1) is 0 Å².